The fourth-order valence-electron chi connectivity index (χ4n) is 2.52. The Morgan fingerprint density at radius 1 is 1.38 bits per heavy atom. The minimum absolute atomic E-state index is 0.0116. The Hall–Kier alpha value is -1.96. The molecule has 0 saturated carbocycles. The molecule has 0 bridgehead atoms. The number of morpholine rings is 1. The van der Waals surface area contributed by atoms with Crippen LogP contribution >= 0.6 is 11.6 Å². The maximum Gasteiger partial charge on any atom is 0.316 e. The number of ether oxygens (including phenoxy) is 1. The summed E-state index contributed by atoms with van der Waals surface area (Å²) < 4.78 is 10.9. The van der Waals surface area contributed by atoms with E-state index in [4.69, 9.17) is 20.9 Å². The highest BCUT2D eigenvalue weighted by Crippen LogP contribution is 2.24. The highest BCUT2D eigenvalue weighted by atomic mass is 35.5. The van der Waals surface area contributed by atoms with Crippen molar-refractivity contribution in [2.75, 3.05) is 33.8 Å². The summed E-state index contributed by atoms with van der Waals surface area (Å²) in [6, 6.07) is 7.66. The molecule has 3 rings (SSSR count). The van der Waals surface area contributed by atoms with Crippen molar-refractivity contribution in [1.82, 2.24) is 19.9 Å². The van der Waals surface area contributed by atoms with E-state index in [1.165, 1.54) is 4.90 Å². The Morgan fingerprint density at radius 2 is 2.12 bits per heavy atom. The van der Waals surface area contributed by atoms with Gasteiger partial charge in [0.15, 0.2) is 5.82 Å². The van der Waals surface area contributed by atoms with E-state index < -0.39 is 0 Å². The first kappa shape index (κ1) is 16.9. The molecule has 128 valence electrons. The number of aromatic nitrogens is 2. The molecule has 1 aliphatic rings. The van der Waals surface area contributed by atoms with Gasteiger partial charge in [-0.3, -0.25) is 9.69 Å². The summed E-state index contributed by atoms with van der Waals surface area (Å²) in [5.41, 5.74) is 1.08. The third-order valence-electron chi connectivity index (χ3n) is 3.81. The Bertz CT molecular complexity index is 702. The topological polar surface area (TPSA) is 71.7 Å². The summed E-state index contributed by atoms with van der Waals surface area (Å²) in [6.07, 6.45) is -0.0224. The smallest absolute Gasteiger partial charge is 0.316 e. The Labute approximate surface area is 145 Å². The number of hydrogen-bond donors (Lipinski definition) is 0. The molecular formula is C16H19ClN4O3. The largest absolute Gasteiger partial charge is 0.371 e. The summed E-state index contributed by atoms with van der Waals surface area (Å²) in [4.78, 5) is 19.5. The molecule has 1 amide bonds. The van der Waals surface area contributed by atoms with E-state index in [0.29, 0.717) is 30.5 Å². The van der Waals surface area contributed by atoms with Crippen molar-refractivity contribution in [3.63, 3.8) is 0 Å². The number of halogens is 1. The van der Waals surface area contributed by atoms with Gasteiger partial charge in [0.25, 0.3) is 0 Å². The van der Waals surface area contributed by atoms with Gasteiger partial charge in [0, 0.05) is 32.2 Å². The molecule has 1 aliphatic heterocycles. The van der Waals surface area contributed by atoms with E-state index in [0.717, 1.165) is 12.1 Å². The molecule has 0 aliphatic carbocycles. The molecule has 1 fully saturated rings. The average molecular weight is 351 g/mol. The van der Waals surface area contributed by atoms with Gasteiger partial charge in [-0.25, -0.2) is 0 Å². The van der Waals surface area contributed by atoms with Gasteiger partial charge in [-0.05, 0) is 17.7 Å². The van der Waals surface area contributed by atoms with Crippen molar-refractivity contribution in [3.8, 4) is 0 Å². The summed E-state index contributed by atoms with van der Waals surface area (Å²) in [5, 5.41) is 4.59. The minimum Gasteiger partial charge on any atom is -0.371 e. The molecule has 0 N–H and O–H groups in total. The lowest BCUT2D eigenvalue weighted by molar-refractivity contribution is -0.0338. The lowest BCUT2D eigenvalue weighted by Gasteiger charge is -2.32. The van der Waals surface area contributed by atoms with Crippen LogP contribution < -0.4 is 0 Å². The summed E-state index contributed by atoms with van der Waals surface area (Å²) in [6.45, 7) is 2.62. The predicted molar refractivity (Wildman–Crippen MR) is 87.7 cm³/mol. The van der Waals surface area contributed by atoms with Crippen LogP contribution in [0.25, 0.3) is 0 Å². The zero-order chi connectivity index (χ0) is 17.1. The van der Waals surface area contributed by atoms with Crippen LogP contribution in [-0.2, 0) is 11.3 Å². The van der Waals surface area contributed by atoms with Crippen LogP contribution in [0.3, 0.4) is 0 Å². The Kier molecular flexibility index (Phi) is 5.13. The van der Waals surface area contributed by atoms with Crippen molar-refractivity contribution in [2.24, 2.45) is 0 Å². The molecule has 2 heterocycles. The lowest BCUT2D eigenvalue weighted by atomic mass is 10.1. The molecule has 2 aromatic rings. The quantitative estimate of drug-likeness (QED) is 0.839. The van der Waals surface area contributed by atoms with Gasteiger partial charge >= 0.3 is 11.8 Å². The molecule has 0 radical (unpaired) electrons. The normalized spacial score (nSPS) is 18.5. The number of amides is 1. The SMILES string of the molecule is CN(C)C(=O)c1nc(CN2CCO[C@H](c3ccc(Cl)cc3)C2)no1. The first-order chi connectivity index (χ1) is 11.5. The van der Waals surface area contributed by atoms with Crippen LogP contribution in [0.1, 0.15) is 28.2 Å². The van der Waals surface area contributed by atoms with Crippen LogP contribution in [0, 0.1) is 0 Å². The van der Waals surface area contributed by atoms with Crippen molar-refractivity contribution in [2.45, 2.75) is 12.6 Å². The van der Waals surface area contributed by atoms with Crippen molar-refractivity contribution < 1.29 is 14.1 Å². The van der Waals surface area contributed by atoms with Crippen LogP contribution in [0.2, 0.25) is 5.02 Å². The third kappa shape index (κ3) is 3.92. The number of carbonyl (C=O) groups is 1. The number of hydrogen-bond acceptors (Lipinski definition) is 6. The van der Waals surface area contributed by atoms with Crippen LogP contribution in [0.4, 0.5) is 0 Å². The second-order valence-electron chi connectivity index (χ2n) is 5.86. The zero-order valence-electron chi connectivity index (χ0n) is 13.6. The standard InChI is InChI=1S/C16H19ClN4O3/c1-20(2)16(22)15-18-14(19-24-15)10-21-7-8-23-13(9-21)11-3-5-12(17)6-4-11/h3-6,13H,7-10H2,1-2H3/t13-/m0/s1. The predicted octanol–water partition coefficient (Wildman–Crippen LogP) is 2.00. The average Bonchev–Trinajstić information content (AvgIpc) is 3.03. The van der Waals surface area contributed by atoms with Crippen LogP contribution in [-0.4, -0.2) is 59.6 Å². The fourth-order valence-corrected chi connectivity index (χ4v) is 2.65. The maximum absolute atomic E-state index is 11.8. The number of rotatable bonds is 4. The zero-order valence-corrected chi connectivity index (χ0v) is 14.4. The second-order valence-corrected chi connectivity index (χ2v) is 6.30. The van der Waals surface area contributed by atoms with Gasteiger partial charge in [-0.15, -0.1) is 0 Å². The summed E-state index contributed by atoms with van der Waals surface area (Å²) >= 11 is 5.93. The van der Waals surface area contributed by atoms with Gasteiger partial charge in [0.2, 0.25) is 0 Å². The highest BCUT2D eigenvalue weighted by Gasteiger charge is 2.24. The van der Waals surface area contributed by atoms with Crippen molar-refractivity contribution >= 4 is 17.5 Å². The number of nitrogens with zero attached hydrogens (tertiary/aromatic N) is 4. The lowest BCUT2D eigenvalue weighted by Crippen LogP contribution is -2.38. The third-order valence-corrected chi connectivity index (χ3v) is 4.07. The molecule has 1 saturated heterocycles. The van der Waals surface area contributed by atoms with E-state index in [2.05, 4.69) is 15.0 Å². The summed E-state index contributed by atoms with van der Waals surface area (Å²) in [5.74, 6) is 0.212. The molecule has 8 heteroatoms. The molecule has 0 spiro atoms. The molecule has 7 nitrogen and oxygen atoms in total. The van der Waals surface area contributed by atoms with E-state index in [1.54, 1.807) is 14.1 Å². The first-order valence-corrected chi connectivity index (χ1v) is 8.04. The number of carbonyl (C=O) groups excluding carboxylic acids is 1. The highest BCUT2D eigenvalue weighted by molar-refractivity contribution is 6.30. The van der Waals surface area contributed by atoms with Gasteiger partial charge in [-0.1, -0.05) is 28.9 Å². The van der Waals surface area contributed by atoms with Crippen molar-refractivity contribution in [3.05, 3.63) is 46.6 Å². The van der Waals surface area contributed by atoms with Crippen LogP contribution in [0.5, 0.6) is 0 Å². The molecule has 0 unspecified atom stereocenters. The van der Waals surface area contributed by atoms with E-state index in [9.17, 15) is 4.79 Å². The van der Waals surface area contributed by atoms with Gasteiger partial charge in [0.05, 0.1) is 19.3 Å². The van der Waals surface area contributed by atoms with Crippen molar-refractivity contribution in [1.29, 1.82) is 0 Å². The molecule has 24 heavy (non-hydrogen) atoms. The minimum atomic E-state index is -0.297. The van der Waals surface area contributed by atoms with Gasteiger partial charge in [0.1, 0.15) is 0 Å². The van der Waals surface area contributed by atoms with Gasteiger partial charge in [-0.2, -0.15) is 4.98 Å². The second kappa shape index (κ2) is 7.29. The Morgan fingerprint density at radius 3 is 2.83 bits per heavy atom. The fraction of sp³-hybridized carbons (Fsp3) is 0.438. The van der Waals surface area contributed by atoms with Crippen LogP contribution in [0.15, 0.2) is 28.8 Å². The summed E-state index contributed by atoms with van der Waals surface area (Å²) in [7, 11) is 3.29. The van der Waals surface area contributed by atoms with E-state index in [1.807, 2.05) is 24.3 Å². The molecule has 1 aromatic heterocycles. The Balaban J connectivity index is 1.63. The van der Waals surface area contributed by atoms with E-state index >= 15 is 0 Å². The van der Waals surface area contributed by atoms with Gasteiger partial charge < -0.3 is 14.2 Å². The number of benzene rings is 1. The van der Waals surface area contributed by atoms with E-state index in [-0.39, 0.29) is 17.9 Å². The monoisotopic (exact) mass is 350 g/mol. The maximum atomic E-state index is 11.8. The molecule has 1 atom stereocenters. The molecule has 1 aromatic carbocycles. The first-order valence-electron chi connectivity index (χ1n) is 7.66. The molecular weight excluding hydrogens is 332 g/mol.